The summed E-state index contributed by atoms with van der Waals surface area (Å²) < 4.78 is 0.908. The van der Waals surface area contributed by atoms with Crippen LogP contribution < -0.4 is 0 Å². The number of benzene rings is 2. The van der Waals surface area contributed by atoms with Gasteiger partial charge in [-0.05, 0) is 85.6 Å². The fourth-order valence-electron chi connectivity index (χ4n) is 7.25. The number of hydroxylamine groups is 2. The third kappa shape index (κ3) is 3.20. The minimum absolute atomic E-state index is 0.251. The number of nitrogens with zero attached hydrogens (tertiary/aromatic N) is 1. The summed E-state index contributed by atoms with van der Waals surface area (Å²) in [5, 5.41) is 13.7. The molecule has 0 aromatic heterocycles. The number of carbonyl (C=O) groups is 1. The molecule has 4 fully saturated rings. The molecule has 5 aliphatic rings. The van der Waals surface area contributed by atoms with Crippen molar-refractivity contribution in [3.63, 3.8) is 0 Å². The molecule has 32 heavy (non-hydrogen) atoms. The lowest BCUT2D eigenvalue weighted by molar-refractivity contribution is -0.313. The first-order valence-corrected chi connectivity index (χ1v) is 12.5. The Morgan fingerprint density at radius 1 is 0.969 bits per heavy atom. The van der Waals surface area contributed by atoms with Crippen molar-refractivity contribution in [2.75, 3.05) is 0 Å². The smallest absolute Gasteiger partial charge is 0.280 e. The number of hydrogen-bond donors (Lipinski definition) is 1. The molecule has 1 amide bonds. The monoisotopic (exact) mass is 493 g/mol. The summed E-state index contributed by atoms with van der Waals surface area (Å²) in [6, 6.07) is 17.6. The molecule has 1 N–H and O–H groups in total. The standard InChI is InChI=1S/C27H28BrNO3/c28-23-8-4-7-22(12-23)24-16-27(31,26-13-19-9-20(14-26)11-21(10-19)15-26)29(25(24)30)32-17-18-5-2-1-3-6-18/h1-8,12,16,19-21,31H,9-11,13-15,17H2. The Kier molecular flexibility index (Phi) is 4.87. The molecule has 7 rings (SSSR count). The van der Waals surface area contributed by atoms with Gasteiger partial charge in [0, 0.05) is 15.5 Å². The van der Waals surface area contributed by atoms with Gasteiger partial charge in [0.15, 0.2) is 5.72 Å². The van der Waals surface area contributed by atoms with Gasteiger partial charge in [-0.2, -0.15) is 5.06 Å². The molecule has 4 saturated carbocycles. The number of rotatable bonds is 5. The average molecular weight is 494 g/mol. The van der Waals surface area contributed by atoms with Crippen LogP contribution in [-0.2, 0) is 16.2 Å². The van der Waals surface area contributed by atoms with Crippen molar-refractivity contribution >= 4 is 27.4 Å². The van der Waals surface area contributed by atoms with Gasteiger partial charge in [0.1, 0.15) is 6.61 Å². The van der Waals surface area contributed by atoms with E-state index in [9.17, 15) is 9.90 Å². The minimum atomic E-state index is -1.42. The average Bonchev–Trinajstić information content (AvgIpc) is 3.04. The maximum Gasteiger partial charge on any atom is 0.280 e. The number of hydrogen-bond acceptors (Lipinski definition) is 3. The first-order chi connectivity index (χ1) is 15.5. The Morgan fingerprint density at radius 2 is 1.62 bits per heavy atom. The third-order valence-electron chi connectivity index (χ3n) is 8.23. The van der Waals surface area contributed by atoms with Crippen LogP contribution in [0.25, 0.3) is 5.57 Å². The summed E-state index contributed by atoms with van der Waals surface area (Å²) in [5.41, 5.74) is 0.550. The molecule has 2 aromatic rings. The summed E-state index contributed by atoms with van der Waals surface area (Å²) in [6.45, 7) is 0.251. The Morgan fingerprint density at radius 3 is 2.25 bits per heavy atom. The molecule has 1 unspecified atom stereocenters. The quantitative estimate of drug-likeness (QED) is 0.579. The van der Waals surface area contributed by atoms with Crippen LogP contribution in [0.2, 0.25) is 0 Å². The highest BCUT2D eigenvalue weighted by Gasteiger charge is 2.65. The topological polar surface area (TPSA) is 49.8 Å². The lowest BCUT2D eigenvalue weighted by Gasteiger charge is -2.61. The lowest BCUT2D eigenvalue weighted by atomic mass is 9.47. The third-order valence-corrected chi connectivity index (χ3v) is 8.72. The van der Waals surface area contributed by atoms with Gasteiger partial charge in [-0.25, -0.2) is 0 Å². The van der Waals surface area contributed by atoms with Gasteiger partial charge in [0.05, 0.1) is 0 Å². The van der Waals surface area contributed by atoms with Crippen molar-refractivity contribution in [3.05, 3.63) is 76.3 Å². The highest BCUT2D eigenvalue weighted by Crippen LogP contribution is 2.65. The van der Waals surface area contributed by atoms with E-state index in [-0.39, 0.29) is 17.9 Å². The zero-order chi connectivity index (χ0) is 21.9. The second kappa shape index (κ2) is 7.54. The first-order valence-electron chi connectivity index (χ1n) is 11.7. The molecule has 1 heterocycles. The first kappa shape index (κ1) is 20.6. The molecule has 4 nitrogen and oxygen atoms in total. The fourth-order valence-corrected chi connectivity index (χ4v) is 7.65. The highest BCUT2D eigenvalue weighted by molar-refractivity contribution is 9.10. The molecule has 4 aliphatic carbocycles. The lowest BCUT2D eigenvalue weighted by Crippen LogP contribution is -2.63. The summed E-state index contributed by atoms with van der Waals surface area (Å²) in [4.78, 5) is 19.9. The van der Waals surface area contributed by atoms with Gasteiger partial charge >= 0.3 is 0 Å². The molecular weight excluding hydrogens is 466 g/mol. The van der Waals surface area contributed by atoms with E-state index in [1.165, 1.54) is 24.3 Å². The van der Waals surface area contributed by atoms with E-state index >= 15 is 0 Å². The second-order valence-electron chi connectivity index (χ2n) is 10.4. The molecule has 0 saturated heterocycles. The molecule has 5 heteroatoms. The number of aliphatic hydroxyl groups is 1. The Labute approximate surface area is 197 Å². The Balaban J connectivity index is 1.40. The van der Waals surface area contributed by atoms with Crippen molar-refractivity contribution in [3.8, 4) is 0 Å². The molecule has 1 atom stereocenters. The van der Waals surface area contributed by atoms with Crippen molar-refractivity contribution < 1.29 is 14.7 Å². The second-order valence-corrected chi connectivity index (χ2v) is 11.3. The van der Waals surface area contributed by atoms with Crippen LogP contribution in [0.15, 0.2) is 65.1 Å². The summed E-state index contributed by atoms with van der Waals surface area (Å²) in [7, 11) is 0. The van der Waals surface area contributed by atoms with E-state index in [1.807, 2.05) is 60.7 Å². The minimum Gasteiger partial charge on any atom is -0.365 e. The predicted molar refractivity (Wildman–Crippen MR) is 126 cm³/mol. The van der Waals surface area contributed by atoms with Gasteiger partial charge in [-0.3, -0.25) is 9.63 Å². The Bertz CT molecular complexity index is 1050. The molecule has 0 spiro atoms. The van der Waals surface area contributed by atoms with Crippen LogP contribution in [0.4, 0.5) is 0 Å². The fraction of sp³-hybridized carbons (Fsp3) is 0.444. The van der Waals surface area contributed by atoms with Crippen LogP contribution in [0.5, 0.6) is 0 Å². The molecule has 0 radical (unpaired) electrons. The van der Waals surface area contributed by atoms with E-state index in [2.05, 4.69) is 15.9 Å². The number of carbonyl (C=O) groups excluding carboxylic acids is 1. The maximum atomic E-state index is 13.7. The molecule has 2 aromatic carbocycles. The maximum absolute atomic E-state index is 13.7. The Hall–Kier alpha value is -1.95. The summed E-state index contributed by atoms with van der Waals surface area (Å²) in [5.74, 6) is 1.70. The van der Waals surface area contributed by atoms with Crippen LogP contribution in [0.3, 0.4) is 0 Å². The molecular formula is C27H28BrNO3. The van der Waals surface area contributed by atoms with E-state index in [0.717, 1.165) is 34.9 Å². The van der Waals surface area contributed by atoms with Crippen molar-refractivity contribution in [2.45, 2.75) is 50.9 Å². The summed E-state index contributed by atoms with van der Waals surface area (Å²) in [6.07, 6.45) is 8.54. The number of halogens is 1. The molecule has 166 valence electrons. The van der Waals surface area contributed by atoms with Crippen molar-refractivity contribution in [2.24, 2.45) is 23.2 Å². The number of amides is 1. The highest BCUT2D eigenvalue weighted by atomic mass is 79.9. The van der Waals surface area contributed by atoms with Crippen LogP contribution in [0, 0.1) is 23.2 Å². The van der Waals surface area contributed by atoms with E-state index in [1.54, 1.807) is 0 Å². The molecule has 4 bridgehead atoms. The normalized spacial score (nSPS) is 35.4. The van der Waals surface area contributed by atoms with Gasteiger partial charge in [-0.15, -0.1) is 0 Å². The van der Waals surface area contributed by atoms with E-state index in [4.69, 9.17) is 4.84 Å². The van der Waals surface area contributed by atoms with Crippen molar-refractivity contribution in [1.29, 1.82) is 0 Å². The summed E-state index contributed by atoms with van der Waals surface area (Å²) >= 11 is 3.52. The van der Waals surface area contributed by atoms with Crippen molar-refractivity contribution in [1.82, 2.24) is 5.06 Å². The SMILES string of the molecule is O=C1C(c2cccc(Br)c2)=CC(O)(C23CC4CC(CC(C4)C2)C3)N1OCc1ccccc1. The van der Waals surface area contributed by atoms with E-state index in [0.29, 0.717) is 23.3 Å². The zero-order valence-electron chi connectivity index (χ0n) is 18.0. The van der Waals surface area contributed by atoms with E-state index < -0.39 is 5.72 Å². The van der Waals surface area contributed by atoms with Crippen LogP contribution in [-0.4, -0.2) is 21.8 Å². The largest absolute Gasteiger partial charge is 0.365 e. The van der Waals surface area contributed by atoms with Gasteiger partial charge in [0.2, 0.25) is 0 Å². The van der Waals surface area contributed by atoms with Crippen LogP contribution >= 0.6 is 15.9 Å². The van der Waals surface area contributed by atoms with Gasteiger partial charge < -0.3 is 5.11 Å². The van der Waals surface area contributed by atoms with Gasteiger partial charge in [0.25, 0.3) is 5.91 Å². The van der Waals surface area contributed by atoms with Crippen LogP contribution in [0.1, 0.15) is 49.7 Å². The zero-order valence-corrected chi connectivity index (χ0v) is 19.6. The predicted octanol–water partition coefficient (Wildman–Crippen LogP) is 5.71. The van der Waals surface area contributed by atoms with Gasteiger partial charge in [-0.1, -0.05) is 58.4 Å². The molecule has 1 aliphatic heterocycles.